The zero-order valence-electron chi connectivity index (χ0n) is 11.4. The Balaban J connectivity index is 2.95. The highest BCUT2D eigenvalue weighted by Gasteiger charge is 2.10. The highest BCUT2D eigenvalue weighted by atomic mass is 16.5. The van der Waals surface area contributed by atoms with E-state index in [0.29, 0.717) is 37.8 Å². The first-order chi connectivity index (χ1) is 9.24. The van der Waals surface area contributed by atoms with Gasteiger partial charge >= 0.3 is 0 Å². The third-order valence-electron chi connectivity index (χ3n) is 2.61. The number of nitriles is 1. The predicted molar refractivity (Wildman–Crippen MR) is 73.5 cm³/mol. The number of hydrogen-bond donors (Lipinski definition) is 2. The molecule has 0 fully saturated rings. The van der Waals surface area contributed by atoms with Gasteiger partial charge in [0, 0.05) is 32.7 Å². The number of nitrogens with one attached hydrogen (secondary N) is 1. The van der Waals surface area contributed by atoms with Gasteiger partial charge in [-0.15, -0.1) is 0 Å². The van der Waals surface area contributed by atoms with Crippen molar-refractivity contribution in [1.29, 1.82) is 5.26 Å². The van der Waals surface area contributed by atoms with Crippen LogP contribution in [0.2, 0.25) is 0 Å². The summed E-state index contributed by atoms with van der Waals surface area (Å²) >= 11 is 0. The predicted octanol–water partition coefficient (Wildman–Crippen LogP) is 0.691. The van der Waals surface area contributed by atoms with Gasteiger partial charge < -0.3 is 15.1 Å². The molecule has 104 valence electrons. The minimum Gasteiger partial charge on any atom is -0.383 e. The molecule has 0 spiro atoms. The lowest BCUT2D eigenvalue weighted by molar-refractivity contribution is 0.205. The van der Waals surface area contributed by atoms with Gasteiger partial charge in [-0.05, 0) is 0 Å². The summed E-state index contributed by atoms with van der Waals surface area (Å²) in [6.45, 7) is 3.82. The van der Waals surface area contributed by atoms with Crippen LogP contribution in [0.1, 0.15) is 19.2 Å². The maximum atomic E-state index is 8.72. The molecule has 0 amide bonds. The van der Waals surface area contributed by atoms with Crippen LogP contribution >= 0.6 is 0 Å². The topological polar surface area (TPSA) is 100 Å². The standard InChI is InChI=1S/C12H20N6O/c1-3-10-15-11(17-14)9-12(16-10)18(6-4-5-13)7-8-19-2/h9H,3-4,6-8,14H2,1-2H3,(H,15,16,17). The number of nitrogens with two attached hydrogens (primary N) is 1. The van der Waals surface area contributed by atoms with Gasteiger partial charge in [0.2, 0.25) is 0 Å². The van der Waals surface area contributed by atoms with E-state index in [1.54, 1.807) is 13.2 Å². The minimum atomic E-state index is 0.431. The van der Waals surface area contributed by atoms with E-state index in [4.69, 9.17) is 15.8 Å². The average molecular weight is 264 g/mol. The molecule has 0 aromatic carbocycles. The number of methoxy groups -OCH3 is 1. The Hall–Kier alpha value is -1.91. The number of aromatic nitrogens is 2. The first kappa shape index (κ1) is 15.1. The monoisotopic (exact) mass is 264 g/mol. The van der Waals surface area contributed by atoms with Crippen molar-refractivity contribution < 1.29 is 4.74 Å². The number of nitrogen functional groups attached to an aromatic ring is 1. The molecule has 7 nitrogen and oxygen atoms in total. The number of hydrogen-bond acceptors (Lipinski definition) is 7. The van der Waals surface area contributed by atoms with Crippen molar-refractivity contribution in [1.82, 2.24) is 9.97 Å². The SMILES string of the molecule is CCc1nc(NN)cc(N(CCC#N)CCOC)n1. The second kappa shape index (κ2) is 8.24. The molecule has 19 heavy (non-hydrogen) atoms. The van der Waals surface area contributed by atoms with Gasteiger partial charge in [0.15, 0.2) is 0 Å². The Morgan fingerprint density at radius 1 is 1.47 bits per heavy atom. The molecule has 1 aromatic heterocycles. The fraction of sp³-hybridized carbons (Fsp3) is 0.583. The molecule has 0 radical (unpaired) electrons. The first-order valence-corrected chi connectivity index (χ1v) is 6.20. The summed E-state index contributed by atoms with van der Waals surface area (Å²) in [5, 5.41) is 8.72. The van der Waals surface area contributed by atoms with Crippen molar-refractivity contribution in [3.63, 3.8) is 0 Å². The average Bonchev–Trinajstić information content (AvgIpc) is 2.46. The second-order valence-corrected chi connectivity index (χ2v) is 3.91. The molecule has 1 heterocycles. The van der Waals surface area contributed by atoms with E-state index in [0.717, 1.165) is 12.2 Å². The molecule has 0 saturated heterocycles. The number of anilines is 2. The highest BCUT2D eigenvalue weighted by Crippen LogP contribution is 2.16. The number of nitrogens with zero attached hydrogens (tertiary/aromatic N) is 4. The van der Waals surface area contributed by atoms with Crippen LogP contribution in [0.5, 0.6) is 0 Å². The first-order valence-electron chi connectivity index (χ1n) is 6.20. The van der Waals surface area contributed by atoms with Crippen LogP contribution in [-0.2, 0) is 11.2 Å². The molecular formula is C12H20N6O. The van der Waals surface area contributed by atoms with Crippen LogP contribution in [0.25, 0.3) is 0 Å². The summed E-state index contributed by atoms with van der Waals surface area (Å²) in [5.74, 6) is 7.45. The van der Waals surface area contributed by atoms with Gasteiger partial charge in [-0.25, -0.2) is 15.8 Å². The molecule has 7 heteroatoms. The number of hydrazine groups is 1. The van der Waals surface area contributed by atoms with Crippen LogP contribution in [0.15, 0.2) is 6.07 Å². The van der Waals surface area contributed by atoms with Gasteiger partial charge in [-0.1, -0.05) is 6.92 Å². The fourth-order valence-corrected chi connectivity index (χ4v) is 1.60. The molecule has 1 aromatic rings. The Morgan fingerprint density at radius 2 is 2.26 bits per heavy atom. The largest absolute Gasteiger partial charge is 0.383 e. The number of rotatable bonds is 8. The van der Waals surface area contributed by atoms with Gasteiger partial charge in [-0.2, -0.15) is 5.26 Å². The molecule has 3 N–H and O–H groups in total. The maximum absolute atomic E-state index is 8.72. The van der Waals surface area contributed by atoms with Crippen molar-refractivity contribution >= 4 is 11.6 Å². The number of aryl methyl sites for hydroxylation is 1. The van der Waals surface area contributed by atoms with Crippen LogP contribution in [0, 0.1) is 11.3 Å². The maximum Gasteiger partial charge on any atom is 0.145 e. The van der Waals surface area contributed by atoms with Gasteiger partial charge in [0.05, 0.1) is 19.1 Å². The summed E-state index contributed by atoms with van der Waals surface area (Å²) in [7, 11) is 1.65. The zero-order chi connectivity index (χ0) is 14.1. The molecule has 0 aliphatic rings. The fourth-order valence-electron chi connectivity index (χ4n) is 1.60. The summed E-state index contributed by atoms with van der Waals surface area (Å²) < 4.78 is 5.08. The van der Waals surface area contributed by atoms with E-state index in [-0.39, 0.29) is 0 Å². The Bertz CT molecular complexity index is 408. The molecule has 0 aliphatic heterocycles. The van der Waals surface area contributed by atoms with Gasteiger partial charge in [0.25, 0.3) is 0 Å². The van der Waals surface area contributed by atoms with E-state index >= 15 is 0 Å². The van der Waals surface area contributed by atoms with E-state index in [1.165, 1.54) is 0 Å². The third-order valence-corrected chi connectivity index (χ3v) is 2.61. The van der Waals surface area contributed by atoms with Crippen LogP contribution < -0.4 is 16.2 Å². The normalized spacial score (nSPS) is 10.0. The summed E-state index contributed by atoms with van der Waals surface area (Å²) in [6.07, 6.45) is 1.15. The van der Waals surface area contributed by atoms with E-state index < -0.39 is 0 Å². The van der Waals surface area contributed by atoms with Crippen molar-refractivity contribution in [2.75, 3.05) is 37.1 Å². The van der Waals surface area contributed by atoms with E-state index in [2.05, 4.69) is 21.5 Å². The van der Waals surface area contributed by atoms with E-state index in [1.807, 2.05) is 11.8 Å². The number of ether oxygens (including phenoxy) is 1. The molecule has 0 saturated carbocycles. The lowest BCUT2D eigenvalue weighted by Gasteiger charge is -2.23. The lowest BCUT2D eigenvalue weighted by Crippen LogP contribution is -2.29. The Labute approximate surface area is 113 Å². The van der Waals surface area contributed by atoms with Crippen LogP contribution in [-0.4, -0.2) is 36.8 Å². The molecule has 0 unspecified atom stereocenters. The van der Waals surface area contributed by atoms with E-state index in [9.17, 15) is 0 Å². The van der Waals surface area contributed by atoms with Gasteiger partial charge in [0.1, 0.15) is 17.5 Å². The van der Waals surface area contributed by atoms with Crippen molar-refractivity contribution in [3.8, 4) is 6.07 Å². The molecule has 0 aliphatic carbocycles. The molecule has 0 bridgehead atoms. The highest BCUT2D eigenvalue weighted by molar-refractivity contribution is 5.49. The second-order valence-electron chi connectivity index (χ2n) is 3.91. The van der Waals surface area contributed by atoms with Crippen LogP contribution in [0.4, 0.5) is 11.6 Å². The van der Waals surface area contributed by atoms with Gasteiger partial charge in [-0.3, -0.25) is 0 Å². The van der Waals surface area contributed by atoms with Crippen LogP contribution in [0.3, 0.4) is 0 Å². The Morgan fingerprint density at radius 3 is 2.84 bits per heavy atom. The quantitative estimate of drug-likeness (QED) is 0.526. The third kappa shape index (κ3) is 4.69. The summed E-state index contributed by atoms with van der Waals surface area (Å²) in [4.78, 5) is 10.7. The zero-order valence-corrected chi connectivity index (χ0v) is 11.4. The molecule has 1 rings (SSSR count). The lowest BCUT2D eigenvalue weighted by atomic mass is 10.3. The molecule has 0 atom stereocenters. The smallest absolute Gasteiger partial charge is 0.145 e. The van der Waals surface area contributed by atoms with Crippen molar-refractivity contribution in [3.05, 3.63) is 11.9 Å². The summed E-state index contributed by atoms with van der Waals surface area (Å²) in [6, 6.07) is 3.91. The van der Waals surface area contributed by atoms with Crippen molar-refractivity contribution in [2.45, 2.75) is 19.8 Å². The minimum absolute atomic E-state index is 0.431. The summed E-state index contributed by atoms with van der Waals surface area (Å²) in [5.41, 5.74) is 2.54. The molecular weight excluding hydrogens is 244 g/mol. The van der Waals surface area contributed by atoms with Crippen molar-refractivity contribution in [2.24, 2.45) is 5.84 Å². The Kier molecular flexibility index (Phi) is 6.57.